The summed E-state index contributed by atoms with van der Waals surface area (Å²) in [7, 11) is 0. The number of carboxylic acids is 1. The Morgan fingerprint density at radius 2 is 1.82 bits per heavy atom. The molecule has 0 bridgehead atoms. The maximum atomic E-state index is 11.7. The molecule has 0 aromatic heterocycles. The topological polar surface area (TPSA) is 66.4 Å². The predicted octanol–water partition coefficient (Wildman–Crippen LogP) is 2.18. The summed E-state index contributed by atoms with van der Waals surface area (Å²) in [6.45, 7) is 3.85. The minimum atomic E-state index is -0.839. The van der Waals surface area contributed by atoms with E-state index in [-0.39, 0.29) is 24.3 Å². The number of carbonyl (C=O) groups is 2. The standard InChI is InChI=1S/C13H23NO3/c1-9(8-13(16)17)7-12(15)14-10(2)11-5-3-4-6-11/h9-11H,3-8H2,1-2H3,(H,14,15)(H,16,17). The molecule has 0 saturated heterocycles. The van der Waals surface area contributed by atoms with Crippen LogP contribution in [0.1, 0.15) is 52.4 Å². The molecule has 0 aromatic carbocycles. The first kappa shape index (κ1) is 14.0. The molecular weight excluding hydrogens is 218 g/mol. The lowest BCUT2D eigenvalue weighted by Gasteiger charge is -2.21. The molecule has 98 valence electrons. The molecule has 4 nitrogen and oxygen atoms in total. The third-order valence-corrected chi connectivity index (χ3v) is 3.55. The molecule has 2 unspecified atom stereocenters. The summed E-state index contributed by atoms with van der Waals surface area (Å²) in [5, 5.41) is 11.6. The fourth-order valence-electron chi connectivity index (χ4n) is 2.57. The van der Waals surface area contributed by atoms with Crippen molar-refractivity contribution < 1.29 is 14.7 Å². The van der Waals surface area contributed by atoms with Crippen molar-refractivity contribution in [1.29, 1.82) is 0 Å². The highest BCUT2D eigenvalue weighted by molar-refractivity contribution is 5.77. The average Bonchev–Trinajstić information content (AvgIpc) is 2.67. The molecule has 1 aliphatic carbocycles. The van der Waals surface area contributed by atoms with Gasteiger partial charge in [-0.15, -0.1) is 0 Å². The second-order valence-electron chi connectivity index (χ2n) is 5.31. The van der Waals surface area contributed by atoms with Crippen molar-refractivity contribution in [2.45, 2.75) is 58.4 Å². The first-order chi connectivity index (χ1) is 7.99. The van der Waals surface area contributed by atoms with E-state index in [2.05, 4.69) is 12.2 Å². The Hall–Kier alpha value is -1.06. The van der Waals surface area contributed by atoms with E-state index in [1.54, 1.807) is 6.92 Å². The molecule has 0 heterocycles. The maximum Gasteiger partial charge on any atom is 0.303 e. The van der Waals surface area contributed by atoms with Gasteiger partial charge in [0.15, 0.2) is 0 Å². The van der Waals surface area contributed by atoms with Crippen molar-refractivity contribution in [3.8, 4) is 0 Å². The second kappa shape index (κ2) is 6.62. The largest absolute Gasteiger partial charge is 0.481 e. The lowest BCUT2D eigenvalue weighted by Crippen LogP contribution is -2.37. The maximum absolute atomic E-state index is 11.7. The average molecular weight is 241 g/mol. The van der Waals surface area contributed by atoms with Crippen molar-refractivity contribution in [2.24, 2.45) is 11.8 Å². The number of aliphatic carboxylic acids is 1. The van der Waals surface area contributed by atoms with Crippen LogP contribution in [-0.4, -0.2) is 23.0 Å². The molecule has 1 rings (SSSR count). The van der Waals surface area contributed by atoms with Gasteiger partial charge >= 0.3 is 5.97 Å². The fraction of sp³-hybridized carbons (Fsp3) is 0.846. The SMILES string of the molecule is CC(CC(=O)O)CC(=O)NC(C)C1CCCC1. The van der Waals surface area contributed by atoms with Crippen LogP contribution >= 0.6 is 0 Å². The van der Waals surface area contributed by atoms with Crippen LogP contribution in [0.25, 0.3) is 0 Å². The Labute approximate surface area is 103 Å². The van der Waals surface area contributed by atoms with Gasteiger partial charge in [0.1, 0.15) is 0 Å². The van der Waals surface area contributed by atoms with Crippen LogP contribution in [0.15, 0.2) is 0 Å². The smallest absolute Gasteiger partial charge is 0.303 e. The Morgan fingerprint density at radius 1 is 1.24 bits per heavy atom. The molecule has 2 N–H and O–H groups in total. The first-order valence-electron chi connectivity index (χ1n) is 6.50. The van der Waals surface area contributed by atoms with E-state index in [1.165, 1.54) is 25.7 Å². The number of hydrogen-bond donors (Lipinski definition) is 2. The van der Waals surface area contributed by atoms with Crippen LogP contribution in [0, 0.1) is 11.8 Å². The predicted molar refractivity (Wildman–Crippen MR) is 65.6 cm³/mol. The third kappa shape index (κ3) is 5.20. The lowest BCUT2D eigenvalue weighted by atomic mass is 9.98. The Morgan fingerprint density at radius 3 is 2.35 bits per heavy atom. The molecule has 4 heteroatoms. The van der Waals surface area contributed by atoms with Gasteiger partial charge in [0.05, 0.1) is 0 Å². The third-order valence-electron chi connectivity index (χ3n) is 3.55. The molecule has 1 amide bonds. The quantitative estimate of drug-likeness (QED) is 0.749. The molecule has 0 radical (unpaired) electrons. The summed E-state index contributed by atoms with van der Waals surface area (Å²) in [5.41, 5.74) is 0. The van der Waals surface area contributed by atoms with Gasteiger partial charge in [0.25, 0.3) is 0 Å². The molecule has 0 aromatic rings. The van der Waals surface area contributed by atoms with Crippen LogP contribution in [0.4, 0.5) is 0 Å². The van der Waals surface area contributed by atoms with Crippen LogP contribution in [0.2, 0.25) is 0 Å². The Kier molecular flexibility index (Phi) is 5.45. The highest BCUT2D eigenvalue weighted by Gasteiger charge is 2.23. The molecule has 1 saturated carbocycles. The molecule has 2 atom stereocenters. The van der Waals surface area contributed by atoms with E-state index in [0.717, 1.165) is 0 Å². The normalized spacial score (nSPS) is 19.9. The van der Waals surface area contributed by atoms with Crippen molar-refractivity contribution >= 4 is 11.9 Å². The van der Waals surface area contributed by atoms with Gasteiger partial charge in [-0.05, 0) is 31.6 Å². The van der Waals surface area contributed by atoms with Crippen LogP contribution in [0.3, 0.4) is 0 Å². The van der Waals surface area contributed by atoms with E-state index in [9.17, 15) is 9.59 Å². The molecule has 17 heavy (non-hydrogen) atoms. The van der Waals surface area contributed by atoms with Gasteiger partial charge in [-0.25, -0.2) is 0 Å². The van der Waals surface area contributed by atoms with E-state index >= 15 is 0 Å². The van der Waals surface area contributed by atoms with E-state index < -0.39 is 5.97 Å². The van der Waals surface area contributed by atoms with Crippen molar-refractivity contribution in [2.75, 3.05) is 0 Å². The molecule has 1 fully saturated rings. The lowest BCUT2D eigenvalue weighted by molar-refractivity contribution is -0.138. The molecule has 0 spiro atoms. The Balaban J connectivity index is 2.25. The van der Waals surface area contributed by atoms with Gasteiger partial charge in [-0.1, -0.05) is 19.8 Å². The molecule has 0 aliphatic heterocycles. The highest BCUT2D eigenvalue weighted by atomic mass is 16.4. The Bertz CT molecular complexity index is 272. The van der Waals surface area contributed by atoms with Crippen LogP contribution in [-0.2, 0) is 9.59 Å². The summed E-state index contributed by atoms with van der Waals surface area (Å²) in [6.07, 6.45) is 5.30. The zero-order valence-electron chi connectivity index (χ0n) is 10.7. The van der Waals surface area contributed by atoms with Gasteiger partial charge in [-0.2, -0.15) is 0 Å². The number of carbonyl (C=O) groups excluding carboxylic acids is 1. The zero-order chi connectivity index (χ0) is 12.8. The summed E-state index contributed by atoms with van der Waals surface area (Å²) < 4.78 is 0. The number of amides is 1. The number of nitrogens with one attached hydrogen (secondary N) is 1. The summed E-state index contributed by atoms with van der Waals surface area (Å²) in [6, 6.07) is 0.224. The zero-order valence-corrected chi connectivity index (χ0v) is 10.7. The van der Waals surface area contributed by atoms with E-state index in [0.29, 0.717) is 12.3 Å². The van der Waals surface area contributed by atoms with E-state index in [1.807, 2.05) is 0 Å². The van der Waals surface area contributed by atoms with Crippen molar-refractivity contribution in [3.05, 3.63) is 0 Å². The van der Waals surface area contributed by atoms with Crippen molar-refractivity contribution in [1.82, 2.24) is 5.32 Å². The summed E-state index contributed by atoms with van der Waals surface area (Å²) in [4.78, 5) is 22.2. The molecular formula is C13H23NO3. The number of carboxylic acid groups (broad SMARTS) is 1. The highest BCUT2D eigenvalue weighted by Crippen LogP contribution is 2.27. The first-order valence-corrected chi connectivity index (χ1v) is 6.50. The minimum Gasteiger partial charge on any atom is -0.481 e. The van der Waals surface area contributed by atoms with Gasteiger partial charge < -0.3 is 10.4 Å². The monoisotopic (exact) mass is 241 g/mol. The van der Waals surface area contributed by atoms with Crippen LogP contribution in [0.5, 0.6) is 0 Å². The van der Waals surface area contributed by atoms with E-state index in [4.69, 9.17) is 5.11 Å². The molecule has 1 aliphatic rings. The van der Waals surface area contributed by atoms with Crippen molar-refractivity contribution in [3.63, 3.8) is 0 Å². The van der Waals surface area contributed by atoms with Gasteiger partial charge in [-0.3, -0.25) is 9.59 Å². The summed E-state index contributed by atoms with van der Waals surface area (Å²) in [5.74, 6) is -0.343. The van der Waals surface area contributed by atoms with Crippen LogP contribution < -0.4 is 5.32 Å². The second-order valence-corrected chi connectivity index (χ2v) is 5.31. The fourth-order valence-corrected chi connectivity index (χ4v) is 2.57. The number of rotatable bonds is 6. The van der Waals surface area contributed by atoms with Gasteiger partial charge in [0.2, 0.25) is 5.91 Å². The van der Waals surface area contributed by atoms with Gasteiger partial charge in [0, 0.05) is 18.9 Å². The minimum absolute atomic E-state index is 0.0156. The number of hydrogen-bond acceptors (Lipinski definition) is 2. The summed E-state index contributed by atoms with van der Waals surface area (Å²) >= 11 is 0.